The van der Waals surface area contributed by atoms with Crippen LogP contribution in [0.2, 0.25) is 0 Å². The summed E-state index contributed by atoms with van der Waals surface area (Å²) in [6.07, 6.45) is 2.01. The van der Waals surface area contributed by atoms with Crippen molar-refractivity contribution in [3.05, 3.63) is 59.4 Å². The van der Waals surface area contributed by atoms with E-state index in [-0.39, 0.29) is 11.7 Å². The van der Waals surface area contributed by atoms with Gasteiger partial charge in [-0.2, -0.15) is 0 Å². The van der Waals surface area contributed by atoms with Crippen LogP contribution in [0.25, 0.3) is 0 Å². The van der Waals surface area contributed by atoms with Crippen molar-refractivity contribution in [2.45, 2.75) is 26.3 Å². The minimum Gasteiger partial charge on any atom is -0.493 e. The minimum atomic E-state index is -0.298. The summed E-state index contributed by atoms with van der Waals surface area (Å²) in [6.45, 7) is 3.04. The van der Waals surface area contributed by atoms with E-state index in [9.17, 15) is 9.18 Å². The van der Waals surface area contributed by atoms with Gasteiger partial charge in [0.25, 0.3) is 5.91 Å². The van der Waals surface area contributed by atoms with Crippen molar-refractivity contribution in [3.63, 3.8) is 0 Å². The molecule has 0 fully saturated rings. The zero-order chi connectivity index (χ0) is 17.4. The Kier molecular flexibility index (Phi) is 6.61. The molecular weight excluding hydrogens is 309 g/mol. The number of unbranched alkanes of at least 4 members (excludes halogenated alkanes) is 1. The largest absolute Gasteiger partial charge is 0.493 e. The first-order valence-corrected chi connectivity index (χ1v) is 7.97. The van der Waals surface area contributed by atoms with E-state index in [4.69, 9.17) is 9.47 Å². The van der Waals surface area contributed by atoms with Crippen molar-refractivity contribution in [2.24, 2.45) is 0 Å². The molecule has 128 valence electrons. The molecule has 1 N–H and O–H groups in total. The molecule has 2 aromatic carbocycles. The Balaban J connectivity index is 1.99. The van der Waals surface area contributed by atoms with Gasteiger partial charge in [-0.25, -0.2) is 4.39 Å². The number of amides is 1. The summed E-state index contributed by atoms with van der Waals surface area (Å²) < 4.78 is 23.8. The van der Waals surface area contributed by atoms with Crippen LogP contribution in [0.15, 0.2) is 42.5 Å². The third-order valence-corrected chi connectivity index (χ3v) is 3.55. The Morgan fingerprint density at radius 2 is 1.88 bits per heavy atom. The van der Waals surface area contributed by atoms with Crippen LogP contribution < -0.4 is 14.8 Å². The molecule has 5 heteroatoms. The van der Waals surface area contributed by atoms with E-state index in [0.29, 0.717) is 30.2 Å². The van der Waals surface area contributed by atoms with Gasteiger partial charge in [0, 0.05) is 12.1 Å². The number of halogens is 1. The lowest BCUT2D eigenvalue weighted by Gasteiger charge is -2.12. The fourth-order valence-electron chi connectivity index (χ4n) is 2.14. The fraction of sp³-hybridized carbons (Fsp3) is 0.316. The Labute approximate surface area is 141 Å². The number of nitrogens with one attached hydrogen (secondary N) is 1. The second kappa shape index (κ2) is 8.91. The standard InChI is InChI=1S/C19H22FNO3/c1-3-4-11-24-17-10-7-15(12-18(17)23-2)19(22)21-13-14-5-8-16(20)9-6-14/h5-10,12H,3-4,11,13H2,1-2H3,(H,21,22). The molecule has 0 unspecified atom stereocenters. The first kappa shape index (κ1) is 17.8. The summed E-state index contributed by atoms with van der Waals surface area (Å²) in [4.78, 5) is 12.2. The molecule has 0 heterocycles. The van der Waals surface area contributed by atoms with Crippen molar-refractivity contribution in [1.29, 1.82) is 0 Å². The van der Waals surface area contributed by atoms with Gasteiger partial charge >= 0.3 is 0 Å². The van der Waals surface area contributed by atoms with Gasteiger partial charge in [0.15, 0.2) is 11.5 Å². The number of rotatable bonds is 8. The third-order valence-electron chi connectivity index (χ3n) is 3.55. The fourth-order valence-corrected chi connectivity index (χ4v) is 2.14. The average molecular weight is 331 g/mol. The van der Waals surface area contributed by atoms with Crippen LogP contribution in [0.4, 0.5) is 4.39 Å². The highest BCUT2D eigenvalue weighted by atomic mass is 19.1. The van der Waals surface area contributed by atoms with Crippen LogP contribution in [-0.2, 0) is 6.54 Å². The molecule has 24 heavy (non-hydrogen) atoms. The van der Waals surface area contributed by atoms with E-state index < -0.39 is 0 Å². The van der Waals surface area contributed by atoms with Gasteiger partial charge in [-0.3, -0.25) is 4.79 Å². The predicted molar refractivity (Wildman–Crippen MR) is 91.0 cm³/mol. The average Bonchev–Trinajstić information content (AvgIpc) is 2.61. The van der Waals surface area contributed by atoms with Gasteiger partial charge in [0.2, 0.25) is 0 Å². The molecule has 1 amide bonds. The van der Waals surface area contributed by atoms with Gasteiger partial charge in [0.05, 0.1) is 13.7 Å². The van der Waals surface area contributed by atoms with Gasteiger partial charge in [-0.1, -0.05) is 25.5 Å². The number of hydrogen-bond donors (Lipinski definition) is 1. The Bertz CT molecular complexity index is 671. The quantitative estimate of drug-likeness (QED) is 0.745. The molecular formula is C19H22FNO3. The van der Waals surface area contributed by atoms with Gasteiger partial charge in [0.1, 0.15) is 5.82 Å². The Morgan fingerprint density at radius 3 is 2.54 bits per heavy atom. The van der Waals surface area contributed by atoms with E-state index in [1.165, 1.54) is 12.1 Å². The molecule has 0 aliphatic heterocycles. The number of ether oxygens (including phenoxy) is 2. The van der Waals surface area contributed by atoms with Gasteiger partial charge in [-0.15, -0.1) is 0 Å². The van der Waals surface area contributed by atoms with E-state index >= 15 is 0 Å². The maximum atomic E-state index is 12.9. The second-order valence-electron chi connectivity index (χ2n) is 5.38. The first-order valence-electron chi connectivity index (χ1n) is 7.97. The van der Waals surface area contributed by atoms with Crippen LogP contribution >= 0.6 is 0 Å². The molecule has 4 nitrogen and oxygen atoms in total. The molecule has 0 radical (unpaired) electrons. The summed E-state index contributed by atoms with van der Waals surface area (Å²) in [5.41, 5.74) is 1.31. The first-order chi connectivity index (χ1) is 11.6. The van der Waals surface area contributed by atoms with E-state index in [2.05, 4.69) is 12.2 Å². The van der Waals surface area contributed by atoms with Crippen molar-refractivity contribution < 1.29 is 18.7 Å². The molecule has 0 bridgehead atoms. The minimum absolute atomic E-state index is 0.224. The number of hydrogen-bond acceptors (Lipinski definition) is 3. The number of carbonyl (C=O) groups excluding carboxylic acids is 1. The summed E-state index contributed by atoms with van der Waals surface area (Å²) in [5, 5.41) is 2.80. The third kappa shape index (κ3) is 4.98. The number of benzene rings is 2. The van der Waals surface area contributed by atoms with Gasteiger partial charge in [-0.05, 0) is 42.3 Å². The molecule has 0 saturated carbocycles. The lowest BCUT2D eigenvalue weighted by molar-refractivity contribution is 0.0950. The highest BCUT2D eigenvalue weighted by molar-refractivity contribution is 5.94. The monoisotopic (exact) mass is 331 g/mol. The van der Waals surface area contributed by atoms with Crippen molar-refractivity contribution in [3.8, 4) is 11.5 Å². The molecule has 0 aromatic heterocycles. The topological polar surface area (TPSA) is 47.6 Å². The molecule has 0 spiro atoms. The second-order valence-corrected chi connectivity index (χ2v) is 5.38. The van der Waals surface area contributed by atoms with E-state index in [1.54, 1.807) is 37.4 Å². The summed E-state index contributed by atoms with van der Waals surface area (Å²) in [6, 6.07) is 11.1. The van der Waals surface area contributed by atoms with Gasteiger partial charge < -0.3 is 14.8 Å². The molecule has 0 aliphatic rings. The maximum absolute atomic E-state index is 12.9. The summed E-state index contributed by atoms with van der Waals surface area (Å²) in [5.74, 6) is 0.632. The highest BCUT2D eigenvalue weighted by Crippen LogP contribution is 2.28. The number of methoxy groups -OCH3 is 1. The van der Waals surface area contributed by atoms with Crippen LogP contribution in [0.5, 0.6) is 11.5 Å². The smallest absolute Gasteiger partial charge is 0.251 e. The molecule has 0 saturated heterocycles. The van der Waals surface area contributed by atoms with Crippen LogP contribution in [0.3, 0.4) is 0 Å². The van der Waals surface area contributed by atoms with Crippen molar-refractivity contribution >= 4 is 5.91 Å². The lowest BCUT2D eigenvalue weighted by atomic mass is 10.1. The summed E-state index contributed by atoms with van der Waals surface area (Å²) >= 11 is 0. The lowest BCUT2D eigenvalue weighted by Crippen LogP contribution is -2.22. The molecule has 2 aromatic rings. The van der Waals surface area contributed by atoms with E-state index in [0.717, 1.165) is 18.4 Å². The zero-order valence-corrected chi connectivity index (χ0v) is 14.0. The highest BCUT2D eigenvalue weighted by Gasteiger charge is 2.11. The van der Waals surface area contributed by atoms with Crippen molar-refractivity contribution in [1.82, 2.24) is 5.32 Å². The predicted octanol–water partition coefficient (Wildman–Crippen LogP) is 3.94. The normalized spacial score (nSPS) is 10.3. The van der Waals surface area contributed by atoms with Crippen LogP contribution in [0, 0.1) is 5.82 Å². The van der Waals surface area contributed by atoms with E-state index in [1.807, 2.05) is 0 Å². The summed E-state index contributed by atoms with van der Waals surface area (Å²) in [7, 11) is 1.54. The molecule has 0 atom stereocenters. The number of carbonyl (C=O) groups is 1. The Morgan fingerprint density at radius 1 is 1.12 bits per heavy atom. The zero-order valence-electron chi connectivity index (χ0n) is 14.0. The molecule has 0 aliphatic carbocycles. The SMILES string of the molecule is CCCCOc1ccc(C(=O)NCc2ccc(F)cc2)cc1OC. The Hall–Kier alpha value is -2.56. The van der Waals surface area contributed by atoms with Crippen LogP contribution in [-0.4, -0.2) is 19.6 Å². The maximum Gasteiger partial charge on any atom is 0.251 e. The van der Waals surface area contributed by atoms with Crippen molar-refractivity contribution in [2.75, 3.05) is 13.7 Å². The van der Waals surface area contributed by atoms with Crippen LogP contribution in [0.1, 0.15) is 35.7 Å². The molecule has 2 rings (SSSR count).